The van der Waals surface area contributed by atoms with Crippen LogP contribution in [0.25, 0.3) is 0 Å². The number of hydrogen-bond donors (Lipinski definition) is 1. The summed E-state index contributed by atoms with van der Waals surface area (Å²) in [6.45, 7) is 7.17. The maximum absolute atomic E-state index is 14.1. The molecule has 1 N–H and O–H groups in total. The van der Waals surface area contributed by atoms with Gasteiger partial charge in [0.1, 0.15) is 11.1 Å². The van der Waals surface area contributed by atoms with E-state index in [-0.39, 0.29) is 22.6 Å². The average molecular weight is 376 g/mol. The van der Waals surface area contributed by atoms with Crippen LogP contribution < -0.4 is 5.32 Å². The molecule has 24 heavy (non-hydrogen) atoms. The Kier molecular flexibility index (Phi) is 7.55. The molecule has 0 aliphatic carbocycles. The number of benzene rings is 1. The molecular weight excluding hydrogens is 353 g/mol. The predicted octanol–water partition coefficient (Wildman–Crippen LogP) is 4.90. The van der Waals surface area contributed by atoms with E-state index in [4.69, 9.17) is 16.3 Å². The number of nitrogens with one attached hydrogen (secondary N) is 1. The fourth-order valence-corrected chi connectivity index (χ4v) is 3.29. The number of thioether (sulfide) groups is 1. The van der Waals surface area contributed by atoms with Crippen LogP contribution in [-0.4, -0.2) is 24.2 Å². The molecule has 0 heterocycles. The first-order valence-electron chi connectivity index (χ1n) is 7.65. The van der Waals surface area contributed by atoms with Gasteiger partial charge in [0.15, 0.2) is 0 Å². The average Bonchev–Trinajstić information content (AvgIpc) is 2.49. The van der Waals surface area contributed by atoms with Gasteiger partial charge in [-0.25, -0.2) is 4.39 Å². The van der Waals surface area contributed by atoms with Gasteiger partial charge in [-0.2, -0.15) is 0 Å². The van der Waals surface area contributed by atoms with Crippen LogP contribution in [0, 0.1) is 11.2 Å². The maximum atomic E-state index is 14.1. The highest BCUT2D eigenvalue weighted by molar-refractivity contribution is 8.00. The smallest absolute Gasteiger partial charge is 0.319 e. The van der Waals surface area contributed by atoms with E-state index in [0.29, 0.717) is 11.3 Å². The molecule has 0 saturated carbocycles. The van der Waals surface area contributed by atoms with E-state index in [1.54, 1.807) is 20.8 Å². The normalized spacial score (nSPS) is 12.6. The number of rotatable bonds is 6. The minimum Gasteiger partial charge on any atom is -0.468 e. The third-order valence-electron chi connectivity index (χ3n) is 3.24. The van der Waals surface area contributed by atoms with Crippen molar-refractivity contribution >= 4 is 40.9 Å². The van der Waals surface area contributed by atoms with Crippen molar-refractivity contribution in [1.29, 1.82) is 0 Å². The highest BCUT2D eigenvalue weighted by Gasteiger charge is 2.25. The minimum atomic E-state index is -0.657. The second-order valence-electron chi connectivity index (χ2n) is 6.38. The number of halogens is 2. The second kappa shape index (κ2) is 8.72. The molecule has 0 aliphatic heterocycles. The standard InChI is InChI=1S/C17H23ClFNO3S/c1-6-7-13(15(21)23-5)24-14-9-12(11(19)8-10(14)18)20-16(22)17(2,3)4/h8-9,13H,6-7H2,1-5H3,(H,20,22). The summed E-state index contributed by atoms with van der Waals surface area (Å²) >= 11 is 7.30. The van der Waals surface area contributed by atoms with Gasteiger partial charge in [-0.3, -0.25) is 9.59 Å². The van der Waals surface area contributed by atoms with Gasteiger partial charge in [0.05, 0.1) is 17.8 Å². The van der Waals surface area contributed by atoms with Gasteiger partial charge in [-0.1, -0.05) is 45.7 Å². The molecule has 0 fully saturated rings. The van der Waals surface area contributed by atoms with Gasteiger partial charge < -0.3 is 10.1 Å². The van der Waals surface area contributed by atoms with Crippen LogP contribution in [0.1, 0.15) is 40.5 Å². The number of carbonyl (C=O) groups is 2. The Morgan fingerprint density at radius 2 is 2.00 bits per heavy atom. The summed E-state index contributed by atoms with van der Waals surface area (Å²) in [5, 5.41) is 2.32. The van der Waals surface area contributed by atoms with E-state index in [2.05, 4.69) is 5.32 Å². The first-order chi connectivity index (χ1) is 11.1. The van der Waals surface area contributed by atoms with Crippen molar-refractivity contribution in [3.63, 3.8) is 0 Å². The molecule has 0 aliphatic rings. The summed E-state index contributed by atoms with van der Waals surface area (Å²) in [6.07, 6.45) is 1.40. The number of amides is 1. The summed E-state index contributed by atoms with van der Waals surface area (Å²) in [5.41, 5.74) is -0.613. The molecule has 0 bridgehead atoms. The molecule has 1 unspecified atom stereocenters. The van der Waals surface area contributed by atoms with Crippen LogP contribution in [0.3, 0.4) is 0 Å². The van der Waals surface area contributed by atoms with Crippen LogP contribution in [-0.2, 0) is 14.3 Å². The van der Waals surface area contributed by atoms with E-state index >= 15 is 0 Å². The molecule has 1 atom stereocenters. The molecule has 0 saturated heterocycles. The van der Waals surface area contributed by atoms with Crippen molar-refractivity contribution in [2.75, 3.05) is 12.4 Å². The lowest BCUT2D eigenvalue weighted by atomic mass is 9.95. The van der Waals surface area contributed by atoms with Crippen molar-refractivity contribution in [2.24, 2.45) is 5.41 Å². The summed E-state index contributed by atoms with van der Waals surface area (Å²) in [5.74, 6) is -1.28. The fourth-order valence-electron chi connectivity index (χ4n) is 1.80. The Labute approximate surface area is 151 Å². The zero-order valence-electron chi connectivity index (χ0n) is 14.5. The summed E-state index contributed by atoms with van der Waals surface area (Å²) < 4.78 is 18.9. The van der Waals surface area contributed by atoms with E-state index in [9.17, 15) is 14.0 Å². The molecule has 0 aromatic heterocycles. The van der Waals surface area contributed by atoms with Gasteiger partial charge in [0.25, 0.3) is 0 Å². The van der Waals surface area contributed by atoms with Gasteiger partial charge >= 0.3 is 5.97 Å². The van der Waals surface area contributed by atoms with Crippen LogP contribution in [0.5, 0.6) is 0 Å². The first-order valence-corrected chi connectivity index (χ1v) is 8.90. The van der Waals surface area contributed by atoms with Gasteiger partial charge in [0, 0.05) is 10.3 Å². The Hall–Kier alpha value is -1.27. The topological polar surface area (TPSA) is 55.4 Å². The Bertz CT molecular complexity index is 617. The zero-order valence-corrected chi connectivity index (χ0v) is 16.1. The van der Waals surface area contributed by atoms with Crippen LogP contribution >= 0.6 is 23.4 Å². The number of ether oxygens (including phenoxy) is 1. The second-order valence-corrected chi connectivity index (χ2v) is 8.04. The van der Waals surface area contributed by atoms with E-state index < -0.39 is 16.5 Å². The van der Waals surface area contributed by atoms with E-state index in [1.165, 1.54) is 24.9 Å². The van der Waals surface area contributed by atoms with Crippen LogP contribution in [0.15, 0.2) is 17.0 Å². The third-order valence-corrected chi connectivity index (χ3v) is 4.96. The quantitative estimate of drug-likeness (QED) is 0.567. The van der Waals surface area contributed by atoms with Crippen LogP contribution in [0.4, 0.5) is 10.1 Å². The highest BCUT2D eigenvalue weighted by atomic mass is 35.5. The van der Waals surface area contributed by atoms with Gasteiger partial charge in [-0.15, -0.1) is 11.8 Å². The highest BCUT2D eigenvalue weighted by Crippen LogP contribution is 2.36. The lowest BCUT2D eigenvalue weighted by Gasteiger charge is -2.19. The van der Waals surface area contributed by atoms with Gasteiger partial charge in [0.2, 0.25) is 5.91 Å². The largest absolute Gasteiger partial charge is 0.468 e. The van der Waals surface area contributed by atoms with Crippen molar-refractivity contribution in [3.8, 4) is 0 Å². The molecule has 1 aromatic rings. The number of methoxy groups -OCH3 is 1. The van der Waals surface area contributed by atoms with E-state index in [1.807, 2.05) is 6.92 Å². The number of hydrogen-bond acceptors (Lipinski definition) is 4. The molecule has 1 aromatic carbocycles. The Morgan fingerprint density at radius 3 is 2.50 bits per heavy atom. The summed E-state index contributed by atoms with van der Waals surface area (Å²) in [4.78, 5) is 24.4. The van der Waals surface area contributed by atoms with Crippen LogP contribution in [0.2, 0.25) is 5.02 Å². The Morgan fingerprint density at radius 1 is 1.38 bits per heavy atom. The third kappa shape index (κ3) is 5.67. The number of carbonyl (C=O) groups excluding carboxylic acids is 2. The molecule has 0 spiro atoms. The van der Waals surface area contributed by atoms with E-state index in [0.717, 1.165) is 12.5 Å². The predicted molar refractivity (Wildman–Crippen MR) is 96.1 cm³/mol. The van der Waals surface area contributed by atoms with Crippen molar-refractivity contribution in [2.45, 2.75) is 50.7 Å². The molecule has 134 valence electrons. The van der Waals surface area contributed by atoms with Crippen molar-refractivity contribution in [3.05, 3.63) is 23.0 Å². The van der Waals surface area contributed by atoms with Gasteiger partial charge in [-0.05, 0) is 18.6 Å². The summed E-state index contributed by atoms with van der Waals surface area (Å²) in [7, 11) is 1.33. The first kappa shape index (κ1) is 20.8. The van der Waals surface area contributed by atoms with Crippen molar-refractivity contribution in [1.82, 2.24) is 0 Å². The lowest BCUT2D eigenvalue weighted by Crippen LogP contribution is -2.28. The molecule has 1 rings (SSSR count). The molecular formula is C17H23ClFNO3S. The zero-order chi connectivity index (χ0) is 18.5. The maximum Gasteiger partial charge on any atom is 0.319 e. The minimum absolute atomic E-state index is 0.0435. The molecule has 4 nitrogen and oxygen atoms in total. The molecule has 0 radical (unpaired) electrons. The SMILES string of the molecule is CCCC(Sc1cc(NC(=O)C(C)(C)C)c(F)cc1Cl)C(=O)OC. The summed E-state index contributed by atoms with van der Waals surface area (Å²) in [6, 6.07) is 2.60. The number of anilines is 1. The fraction of sp³-hybridized carbons (Fsp3) is 0.529. The lowest BCUT2D eigenvalue weighted by molar-refractivity contribution is -0.140. The molecule has 1 amide bonds. The number of esters is 1. The Balaban J connectivity index is 3.09. The van der Waals surface area contributed by atoms with Crippen molar-refractivity contribution < 1.29 is 18.7 Å². The monoisotopic (exact) mass is 375 g/mol. The molecule has 7 heteroatoms.